The van der Waals surface area contributed by atoms with E-state index in [0.717, 1.165) is 0 Å². The molecule has 0 aliphatic heterocycles. The Morgan fingerprint density at radius 2 is 2.24 bits per heavy atom. The number of amides is 1. The minimum atomic E-state index is -0.188. The van der Waals surface area contributed by atoms with Crippen LogP contribution in [0, 0.1) is 18.3 Å². The van der Waals surface area contributed by atoms with Crippen LogP contribution in [0.1, 0.15) is 25.7 Å². The first-order valence-electron chi connectivity index (χ1n) is 7.17. The van der Waals surface area contributed by atoms with Crippen LogP contribution < -0.4 is 15.4 Å². The summed E-state index contributed by atoms with van der Waals surface area (Å²) >= 11 is 0. The highest BCUT2D eigenvalue weighted by molar-refractivity contribution is 5.80. The van der Waals surface area contributed by atoms with Crippen molar-refractivity contribution >= 4 is 11.7 Å². The lowest BCUT2D eigenvalue weighted by Gasteiger charge is -2.11. The summed E-state index contributed by atoms with van der Waals surface area (Å²) in [6, 6.07) is 0. The second-order valence-electron chi connectivity index (χ2n) is 5.04. The van der Waals surface area contributed by atoms with Crippen molar-refractivity contribution in [3.05, 3.63) is 12.4 Å². The standard InChI is InChI=1S/C15H20N4O2/c1-2-7-17-14(20)9-18-13-8-16-10-15(19-13)21-11-12-5-3-4-6-12/h1,8,10,12H,3-7,9,11H2,(H,17,20)(H,18,19). The fourth-order valence-electron chi connectivity index (χ4n) is 2.27. The molecule has 0 bridgehead atoms. The maximum atomic E-state index is 11.4. The van der Waals surface area contributed by atoms with Gasteiger partial charge in [0, 0.05) is 0 Å². The fourth-order valence-corrected chi connectivity index (χ4v) is 2.27. The summed E-state index contributed by atoms with van der Waals surface area (Å²) in [5.41, 5.74) is 0. The van der Waals surface area contributed by atoms with Gasteiger partial charge in [0.25, 0.3) is 0 Å². The van der Waals surface area contributed by atoms with E-state index in [4.69, 9.17) is 11.2 Å². The first-order valence-corrected chi connectivity index (χ1v) is 7.17. The van der Waals surface area contributed by atoms with Gasteiger partial charge in [0.15, 0.2) is 0 Å². The number of nitrogens with zero attached hydrogens (tertiary/aromatic N) is 2. The summed E-state index contributed by atoms with van der Waals surface area (Å²) in [6.07, 6.45) is 13.2. The number of carbonyl (C=O) groups excluding carboxylic acids is 1. The predicted molar refractivity (Wildman–Crippen MR) is 79.8 cm³/mol. The molecule has 0 atom stereocenters. The van der Waals surface area contributed by atoms with E-state index < -0.39 is 0 Å². The first-order chi connectivity index (χ1) is 10.3. The van der Waals surface area contributed by atoms with Gasteiger partial charge < -0.3 is 15.4 Å². The maximum absolute atomic E-state index is 11.4. The van der Waals surface area contributed by atoms with E-state index in [2.05, 4.69) is 26.5 Å². The second kappa shape index (κ2) is 8.10. The highest BCUT2D eigenvalue weighted by Gasteiger charge is 2.15. The third-order valence-electron chi connectivity index (χ3n) is 3.37. The van der Waals surface area contributed by atoms with Gasteiger partial charge in [-0.15, -0.1) is 6.42 Å². The zero-order valence-corrected chi connectivity index (χ0v) is 12.0. The zero-order valence-electron chi connectivity index (χ0n) is 12.0. The first kappa shape index (κ1) is 15.1. The Bertz CT molecular complexity index is 507. The van der Waals surface area contributed by atoms with Crippen LogP contribution in [0.25, 0.3) is 0 Å². The molecule has 6 heteroatoms. The van der Waals surface area contributed by atoms with Crippen LogP contribution in [-0.2, 0) is 4.79 Å². The quantitative estimate of drug-likeness (QED) is 0.738. The number of carbonyl (C=O) groups is 1. The molecule has 1 saturated carbocycles. The lowest BCUT2D eigenvalue weighted by atomic mass is 10.1. The molecule has 1 aliphatic carbocycles. The van der Waals surface area contributed by atoms with Crippen molar-refractivity contribution in [2.75, 3.05) is 25.0 Å². The summed E-state index contributed by atoms with van der Waals surface area (Å²) in [5.74, 6) is 3.77. The Morgan fingerprint density at radius 1 is 1.43 bits per heavy atom. The van der Waals surface area contributed by atoms with Crippen molar-refractivity contribution in [3.8, 4) is 18.2 Å². The molecule has 1 heterocycles. The van der Waals surface area contributed by atoms with Crippen LogP contribution in [0.3, 0.4) is 0 Å². The van der Waals surface area contributed by atoms with E-state index in [0.29, 0.717) is 24.2 Å². The Labute approximate surface area is 124 Å². The van der Waals surface area contributed by atoms with Gasteiger partial charge in [0.05, 0.1) is 32.1 Å². The van der Waals surface area contributed by atoms with Crippen LogP contribution >= 0.6 is 0 Å². The largest absolute Gasteiger partial charge is 0.476 e. The van der Waals surface area contributed by atoms with Crippen molar-refractivity contribution in [2.45, 2.75) is 25.7 Å². The number of ether oxygens (including phenoxy) is 1. The smallest absolute Gasteiger partial charge is 0.240 e. The van der Waals surface area contributed by atoms with Gasteiger partial charge in [-0.1, -0.05) is 18.8 Å². The van der Waals surface area contributed by atoms with Crippen LogP contribution in [0.2, 0.25) is 0 Å². The zero-order chi connectivity index (χ0) is 14.9. The van der Waals surface area contributed by atoms with Crippen molar-refractivity contribution in [1.29, 1.82) is 0 Å². The summed E-state index contributed by atoms with van der Waals surface area (Å²) < 4.78 is 5.66. The van der Waals surface area contributed by atoms with E-state index in [-0.39, 0.29) is 19.0 Å². The minimum Gasteiger partial charge on any atom is -0.476 e. The van der Waals surface area contributed by atoms with Crippen LogP contribution in [0.15, 0.2) is 12.4 Å². The van der Waals surface area contributed by atoms with Crippen molar-refractivity contribution in [1.82, 2.24) is 15.3 Å². The molecule has 112 valence electrons. The molecular formula is C15H20N4O2. The molecule has 21 heavy (non-hydrogen) atoms. The molecule has 0 radical (unpaired) electrons. The molecule has 0 aromatic carbocycles. The Morgan fingerprint density at radius 3 is 3.00 bits per heavy atom. The average molecular weight is 288 g/mol. The third kappa shape index (κ3) is 5.30. The summed E-state index contributed by atoms with van der Waals surface area (Å²) in [6.45, 7) is 1.000. The van der Waals surface area contributed by atoms with Gasteiger partial charge in [-0.2, -0.15) is 4.98 Å². The predicted octanol–water partition coefficient (Wildman–Crippen LogP) is 1.21. The van der Waals surface area contributed by atoms with Gasteiger partial charge in [0.2, 0.25) is 11.8 Å². The van der Waals surface area contributed by atoms with E-state index in [1.165, 1.54) is 25.7 Å². The molecule has 1 fully saturated rings. The second-order valence-corrected chi connectivity index (χ2v) is 5.04. The Kier molecular flexibility index (Phi) is 5.83. The number of hydrogen-bond donors (Lipinski definition) is 2. The summed E-state index contributed by atoms with van der Waals surface area (Å²) in [4.78, 5) is 19.7. The van der Waals surface area contributed by atoms with Gasteiger partial charge in [-0.05, 0) is 18.8 Å². The molecule has 1 aromatic rings. The normalized spacial score (nSPS) is 14.4. The number of nitrogens with one attached hydrogen (secondary N) is 2. The highest BCUT2D eigenvalue weighted by atomic mass is 16.5. The van der Waals surface area contributed by atoms with Crippen LogP contribution in [-0.4, -0.2) is 35.6 Å². The highest BCUT2D eigenvalue weighted by Crippen LogP contribution is 2.25. The van der Waals surface area contributed by atoms with Gasteiger partial charge in [-0.3, -0.25) is 9.78 Å². The SMILES string of the molecule is C#CCNC(=O)CNc1cncc(OCC2CCCC2)n1. The Hall–Kier alpha value is -2.29. The van der Waals surface area contributed by atoms with Gasteiger partial charge in [0.1, 0.15) is 5.82 Å². The maximum Gasteiger partial charge on any atom is 0.240 e. The van der Waals surface area contributed by atoms with E-state index in [9.17, 15) is 4.79 Å². The molecule has 0 spiro atoms. The summed E-state index contributed by atoms with van der Waals surface area (Å²) in [5, 5.41) is 5.45. The third-order valence-corrected chi connectivity index (χ3v) is 3.37. The molecule has 0 unspecified atom stereocenters. The lowest BCUT2D eigenvalue weighted by Crippen LogP contribution is -2.30. The number of terminal acetylenes is 1. The van der Waals surface area contributed by atoms with E-state index in [1.54, 1.807) is 12.4 Å². The fraction of sp³-hybridized carbons (Fsp3) is 0.533. The van der Waals surface area contributed by atoms with Crippen LogP contribution in [0.5, 0.6) is 5.88 Å². The molecule has 6 nitrogen and oxygen atoms in total. The molecule has 2 N–H and O–H groups in total. The van der Waals surface area contributed by atoms with Crippen molar-refractivity contribution in [2.24, 2.45) is 5.92 Å². The minimum absolute atomic E-state index is 0.0996. The topological polar surface area (TPSA) is 76.1 Å². The van der Waals surface area contributed by atoms with Crippen molar-refractivity contribution < 1.29 is 9.53 Å². The Balaban J connectivity index is 1.77. The van der Waals surface area contributed by atoms with E-state index in [1.807, 2.05) is 0 Å². The van der Waals surface area contributed by atoms with Crippen LogP contribution in [0.4, 0.5) is 5.82 Å². The van der Waals surface area contributed by atoms with Crippen molar-refractivity contribution in [3.63, 3.8) is 0 Å². The molecule has 1 amide bonds. The van der Waals surface area contributed by atoms with Gasteiger partial charge >= 0.3 is 0 Å². The molecule has 1 aliphatic rings. The van der Waals surface area contributed by atoms with Gasteiger partial charge in [-0.25, -0.2) is 0 Å². The molecular weight excluding hydrogens is 268 g/mol. The molecule has 2 rings (SSSR count). The number of hydrogen-bond acceptors (Lipinski definition) is 5. The molecule has 1 aromatic heterocycles. The lowest BCUT2D eigenvalue weighted by molar-refractivity contribution is -0.119. The number of rotatable bonds is 7. The van der Waals surface area contributed by atoms with E-state index >= 15 is 0 Å². The average Bonchev–Trinajstić information content (AvgIpc) is 3.03. The monoisotopic (exact) mass is 288 g/mol. The molecule has 0 saturated heterocycles. The summed E-state index contributed by atoms with van der Waals surface area (Å²) in [7, 11) is 0. The number of aromatic nitrogens is 2. The number of anilines is 1.